The third kappa shape index (κ3) is 3.11. The molecular formula is C19H17NO. The van der Waals surface area contributed by atoms with Crippen LogP contribution in [0.2, 0.25) is 0 Å². The van der Waals surface area contributed by atoms with Gasteiger partial charge in [-0.25, -0.2) is 0 Å². The van der Waals surface area contributed by atoms with Gasteiger partial charge in [-0.3, -0.25) is 4.79 Å². The van der Waals surface area contributed by atoms with Crippen molar-refractivity contribution in [2.75, 3.05) is 0 Å². The summed E-state index contributed by atoms with van der Waals surface area (Å²) in [6.07, 6.45) is 1.85. The molecule has 0 saturated heterocycles. The highest BCUT2D eigenvalue weighted by Gasteiger charge is 2.00. The molecule has 2 aromatic carbocycles. The van der Waals surface area contributed by atoms with E-state index in [2.05, 4.69) is 36.4 Å². The molecule has 0 aliphatic rings. The molecule has 0 radical (unpaired) electrons. The van der Waals surface area contributed by atoms with Crippen LogP contribution in [0.25, 0.3) is 11.1 Å². The first-order valence-corrected chi connectivity index (χ1v) is 7.04. The van der Waals surface area contributed by atoms with Crippen LogP contribution in [0.3, 0.4) is 0 Å². The van der Waals surface area contributed by atoms with Gasteiger partial charge in [-0.15, -0.1) is 0 Å². The minimum absolute atomic E-state index is 0.0436. The summed E-state index contributed by atoms with van der Waals surface area (Å²) >= 11 is 0. The summed E-state index contributed by atoms with van der Waals surface area (Å²) in [5.41, 5.74) is 4.56. The van der Waals surface area contributed by atoms with Gasteiger partial charge in [-0.1, -0.05) is 54.6 Å². The van der Waals surface area contributed by atoms with Crippen LogP contribution in [0.1, 0.15) is 11.1 Å². The number of hydrogen-bond acceptors (Lipinski definition) is 1. The van der Waals surface area contributed by atoms with Crippen LogP contribution in [0.15, 0.2) is 77.7 Å². The lowest BCUT2D eigenvalue weighted by atomic mass is 10.0. The van der Waals surface area contributed by atoms with Crippen LogP contribution < -0.4 is 5.56 Å². The number of rotatable bonds is 3. The largest absolute Gasteiger partial charge is 0.311 e. The van der Waals surface area contributed by atoms with Crippen molar-refractivity contribution in [2.24, 2.45) is 0 Å². The quantitative estimate of drug-likeness (QED) is 0.711. The fourth-order valence-corrected chi connectivity index (χ4v) is 2.37. The van der Waals surface area contributed by atoms with E-state index in [9.17, 15) is 4.79 Å². The van der Waals surface area contributed by atoms with E-state index in [0.29, 0.717) is 6.54 Å². The van der Waals surface area contributed by atoms with Crippen molar-refractivity contribution >= 4 is 0 Å². The van der Waals surface area contributed by atoms with E-state index >= 15 is 0 Å². The maximum atomic E-state index is 11.9. The average molecular weight is 275 g/mol. The van der Waals surface area contributed by atoms with E-state index in [4.69, 9.17) is 0 Å². The van der Waals surface area contributed by atoms with E-state index in [1.165, 1.54) is 11.1 Å². The minimum Gasteiger partial charge on any atom is -0.311 e. The van der Waals surface area contributed by atoms with Gasteiger partial charge in [0.15, 0.2) is 0 Å². The van der Waals surface area contributed by atoms with Gasteiger partial charge < -0.3 is 4.57 Å². The van der Waals surface area contributed by atoms with Crippen LogP contribution in [0.5, 0.6) is 0 Å². The molecule has 0 aliphatic heterocycles. The predicted molar refractivity (Wildman–Crippen MR) is 86.4 cm³/mol. The van der Waals surface area contributed by atoms with Gasteiger partial charge in [0.25, 0.3) is 5.56 Å². The Morgan fingerprint density at radius 3 is 2.19 bits per heavy atom. The van der Waals surface area contributed by atoms with E-state index in [-0.39, 0.29) is 5.56 Å². The van der Waals surface area contributed by atoms with E-state index in [1.807, 2.05) is 37.4 Å². The highest BCUT2D eigenvalue weighted by atomic mass is 16.1. The van der Waals surface area contributed by atoms with Gasteiger partial charge in [0.2, 0.25) is 0 Å². The van der Waals surface area contributed by atoms with Gasteiger partial charge >= 0.3 is 0 Å². The molecule has 0 fully saturated rings. The van der Waals surface area contributed by atoms with Crippen molar-refractivity contribution in [1.29, 1.82) is 0 Å². The summed E-state index contributed by atoms with van der Waals surface area (Å²) < 4.78 is 1.73. The highest BCUT2D eigenvalue weighted by molar-refractivity contribution is 5.63. The maximum Gasteiger partial charge on any atom is 0.251 e. The van der Waals surface area contributed by atoms with Crippen molar-refractivity contribution < 1.29 is 0 Å². The Morgan fingerprint density at radius 2 is 1.52 bits per heavy atom. The summed E-state index contributed by atoms with van der Waals surface area (Å²) in [6, 6.07) is 22.3. The Bertz CT molecular complexity index is 786. The molecule has 2 nitrogen and oxygen atoms in total. The zero-order chi connectivity index (χ0) is 14.7. The molecule has 1 aromatic heterocycles. The standard InChI is InChI=1S/C19H17NO/c1-15-11-12-20(19(21)13-15)14-16-7-9-18(10-8-16)17-5-3-2-4-6-17/h2-13H,14H2,1H3. The second-order valence-electron chi connectivity index (χ2n) is 5.23. The fraction of sp³-hybridized carbons (Fsp3) is 0.105. The highest BCUT2D eigenvalue weighted by Crippen LogP contribution is 2.19. The Balaban J connectivity index is 1.83. The lowest BCUT2D eigenvalue weighted by molar-refractivity contribution is 0.757. The third-order valence-electron chi connectivity index (χ3n) is 3.57. The number of benzene rings is 2. The molecule has 0 aliphatic carbocycles. The van der Waals surface area contributed by atoms with Crippen molar-refractivity contribution in [1.82, 2.24) is 4.57 Å². The van der Waals surface area contributed by atoms with E-state index < -0.39 is 0 Å². The molecule has 0 saturated carbocycles. The van der Waals surface area contributed by atoms with Gasteiger partial charge in [0.1, 0.15) is 0 Å². The zero-order valence-electron chi connectivity index (χ0n) is 12.0. The third-order valence-corrected chi connectivity index (χ3v) is 3.57. The number of nitrogens with zero attached hydrogens (tertiary/aromatic N) is 1. The SMILES string of the molecule is Cc1ccn(Cc2ccc(-c3ccccc3)cc2)c(=O)c1. The molecule has 21 heavy (non-hydrogen) atoms. The second kappa shape index (κ2) is 5.80. The van der Waals surface area contributed by atoms with Crippen LogP contribution in [-0.2, 0) is 6.54 Å². The first-order chi connectivity index (χ1) is 10.2. The summed E-state index contributed by atoms with van der Waals surface area (Å²) in [5, 5.41) is 0. The van der Waals surface area contributed by atoms with Gasteiger partial charge in [-0.2, -0.15) is 0 Å². The van der Waals surface area contributed by atoms with Crippen molar-refractivity contribution in [2.45, 2.75) is 13.5 Å². The molecule has 0 unspecified atom stereocenters. The molecule has 0 bridgehead atoms. The summed E-state index contributed by atoms with van der Waals surface area (Å²) in [4.78, 5) is 11.9. The first-order valence-electron chi connectivity index (χ1n) is 7.04. The number of hydrogen-bond donors (Lipinski definition) is 0. The number of pyridine rings is 1. The van der Waals surface area contributed by atoms with Crippen molar-refractivity contribution in [3.05, 3.63) is 94.4 Å². The van der Waals surface area contributed by atoms with Crippen LogP contribution >= 0.6 is 0 Å². The average Bonchev–Trinajstić information content (AvgIpc) is 2.52. The molecule has 2 heteroatoms. The smallest absolute Gasteiger partial charge is 0.251 e. The fourth-order valence-electron chi connectivity index (χ4n) is 2.37. The Labute approximate surface area is 124 Å². The van der Waals surface area contributed by atoms with Crippen LogP contribution in [0.4, 0.5) is 0 Å². The number of aromatic nitrogens is 1. The molecule has 3 rings (SSSR count). The predicted octanol–water partition coefficient (Wildman–Crippen LogP) is 3.87. The van der Waals surface area contributed by atoms with Gasteiger partial charge in [0, 0.05) is 12.3 Å². The summed E-state index contributed by atoms with van der Waals surface area (Å²) in [6.45, 7) is 2.54. The van der Waals surface area contributed by atoms with Crippen LogP contribution in [0, 0.1) is 6.92 Å². The molecule has 0 N–H and O–H groups in total. The van der Waals surface area contributed by atoms with E-state index in [0.717, 1.165) is 11.1 Å². The summed E-state index contributed by atoms with van der Waals surface area (Å²) in [7, 11) is 0. The molecule has 1 heterocycles. The second-order valence-corrected chi connectivity index (χ2v) is 5.23. The molecule has 0 amide bonds. The van der Waals surface area contributed by atoms with Crippen molar-refractivity contribution in [3.63, 3.8) is 0 Å². The Hall–Kier alpha value is -2.61. The summed E-state index contributed by atoms with van der Waals surface area (Å²) in [5.74, 6) is 0. The number of aryl methyl sites for hydroxylation is 1. The van der Waals surface area contributed by atoms with E-state index in [1.54, 1.807) is 10.6 Å². The Kier molecular flexibility index (Phi) is 3.69. The zero-order valence-corrected chi connectivity index (χ0v) is 12.0. The molecule has 104 valence electrons. The first kappa shape index (κ1) is 13.4. The molecular weight excluding hydrogens is 258 g/mol. The van der Waals surface area contributed by atoms with Crippen LogP contribution in [-0.4, -0.2) is 4.57 Å². The minimum atomic E-state index is 0.0436. The van der Waals surface area contributed by atoms with Gasteiger partial charge in [0.05, 0.1) is 6.54 Å². The topological polar surface area (TPSA) is 22.0 Å². The maximum absolute atomic E-state index is 11.9. The van der Waals surface area contributed by atoms with Gasteiger partial charge in [-0.05, 0) is 35.2 Å². The van der Waals surface area contributed by atoms with Crippen molar-refractivity contribution in [3.8, 4) is 11.1 Å². The molecule has 3 aromatic rings. The Morgan fingerprint density at radius 1 is 0.857 bits per heavy atom. The molecule has 0 spiro atoms. The lowest BCUT2D eigenvalue weighted by Gasteiger charge is -2.07. The molecule has 0 atom stereocenters. The normalized spacial score (nSPS) is 10.5. The lowest BCUT2D eigenvalue weighted by Crippen LogP contribution is -2.19. The monoisotopic (exact) mass is 275 g/mol.